The van der Waals surface area contributed by atoms with Gasteiger partial charge in [-0.25, -0.2) is 4.79 Å². The highest BCUT2D eigenvalue weighted by Gasteiger charge is 2.15. The maximum Gasteiger partial charge on any atom is 0.319 e. The number of amides is 2. The first-order valence-corrected chi connectivity index (χ1v) is 12.4. The molecule has 1 heterocycles. The molecule has 4 rings (SSSR count). The first-order chi connectivity index (χ1) is 18.3. The number of aromatic hydroxyl groups is 1. The summed E-state index contributed by atoms with van der Waals surface area (Å²) >= 11 is 0. The predicted molar refractivity (Wildman–Crippen MR) is 148 cm³/mol. The molecule has 0 radical (unpaired) electrons. The third-order valence-corrected chi connectivity index (χ3v) is 6.28. The summed E-state index contributed by atoms with van der Waals surface area (Å²) in [6.07, 6.45) is -0.166. The van der Waals surface area contributed by atoms with Crippen LogP contribution in [-0.4, -0.2) is 40.9 Å². The van der Waals surface area contributed by atoms with Gasteiger partial charge in [-0.1, -0.05) is 36.4 Å². The van der Waals surface area contributed by atoms with E-state index in [-0.39, 0.29) is 29.9 Å². The third kappa shape index (κ3) is 6.70. The number of aliphatic hydroxyl groups excluding tert-OH is 1. The number of aromatic nitrogens is 1. The lowest BCUT2D eigenvalue weighted by atomic mass is 10.0. The van der Waals surface area contributed by atoms with Gasteiger partial charge in [-0.15, -0.1) is 0 Å². The van der Waals surface area contributed by atoms with Gasteiger partial charge in [0.25, 0.3) is 0 Å². The van der Waals surface area contributed by atoms with Crippen LogP contribution in [0.3, 0.4) is 0 Å². The Morgan fingerprint density at radius 2 is 1.87 bits per heavy atom. The van der Waals surface area contributed by atoms with Crippen LogP contribution in [0.5, 0.6) is 11.5 Å². The number of pyridine rings is 1. The van der Waals surface area contributed by atoms with E-state index in [0.717, 1.165) is 16.9 Å². The Balaban J connectivity index is 1.31. The first kappa shape index (κ1) is 26.7. The molecule has 0 aliphatic heterocycles. The van der Waals surface area contributed by atoms with Crippen molar-refractivity contribution >= 4 is 22.6 Å². The van der Waals surface area contributed by atoms with Crippen molar-refractivity contribution < 1.29 is 19.7 Å². The molecule has 198 valence electrons. The van der Waals surface area contributed by atoms with Gasteiger partial charge in [-0.05, 0) is 54.8 Å². The molecule has 3 aromatic carbocycles. The molecule has 4 aromatic rings. The van der Waals surface area contributed by atoms with Crippen LogP contribution in [-0.2, 0) is 13.0 Å². The van der Waals surface area contributed by atoms with Gasteiger partial charge in [0.15, 0.2) is 0 Å². The van der Waals surface area contributed by atoms with E-state index in [1.165, 1.54) is 12.1 Å². The highest BCUT2D eigenvalue weighted by atomic mass is 16.5. The molecule has 0 saturated heterocycles. The van der Waals surface area contributed by atoms with Gasteiger partial charge in [-0.3, -0.25) is 4.79 Å². The fourth-order valence-electron chi connectivity index (χ4n) is 4.37. The summed E-state index contributed by atoms with van der Waals surface area (Å²) in [5.41, 5.74) is 3.18. The van der Waals surface area contributed by atoms with Crippen LogP contribution in [0.2, 0.25) is 0 Å². The molecule has 0 saturated carbocycles. The molecular weight excluding hydrogens is 484 g/mol. The Bertz CT molecular complexity index is 1470. The Labute approximate surface area is 220 Å². The van der Waals surface area contributed by atoms with Gasteiger partial charge in [0.2, 0.25) is 5.56 Å². The van der Waals surface area contributed by atoms with Crippen LogP contribution in [0.25, 0.3) is 10.9 Å². The summed E-state index contributed by atoms with van der Waals surface area (Å²) in [7, 11) is 1.60. The fraction of sp³-hybridized carbons (Fsp3) is 0.241. The molecule has 9 nitrogen and oxygen atoms in total. The summed E-state index contributed by atoms with van der Waals surface area (Å²) in [5.74, 6) is 0.673. The minimum absolute atomic E-state index is 0.0301. The van der Waals surface area contributed by atoms with Crippen molar-refractivity contribution in [2.45, 2.75) is 32.0 Å². The SMILES string of the molecule is COc1ccccc1CNC(=O)Nc1cccc(C[C@@H](C)NC[C@H](O)c2ccc(O)c3[nH]c(=O)ccc23)c1. The lowest BCUT2D eigenvalue weighted by molar-refractivity contribution is 0.172. The zero-order valence-corrected chi connectivity index (χ0v) is 21.3. The number of fused-ring (bicyclic) bond motifs is 1. The molecule has 0 unspecified atom stereocenters. The average molecular weight is 517 g/mol. The molecule has 0 fully saturated rings. The van der Waals surface area contributed by atoms with E-state index < -0.39 is 6.10 Å². The summed E-state index contributed by atoms with van der Waals surface area (Å²) in [6, 6.07) is 20.9. The zero-order valence-electron chi connectivity index (χ0n) is 21.3. The number of H-pyrrole nitrogens is 1. The normalized spacial score (nSPS) is 12.6. The smallest absolute Gasteiger partial charge is 0.319 e. The molecule has 0 bridgehead atoms. The van der Waals surface area contributed by atoms with E-state index in [4.69, 9.17) is 4.74 Å². The number of phenolic OH excluding ortho intramolecular Hbond substituents is 1. The topological polar surface area (TPSA) is 136 Å². The van der Waals surface area contributed by atoms with Crippen molar-refractivity contribution in [3.8, 4) is 11.5 Å². The van der Waals surface area contributed by atoms with Crippen LogP contribution < -0.4 is 26.2 Å². The van der Waals surface area contributed by atoms with E-state index >= 15 is 0 Å². The van der Waals surface area contributed by atoms with E-state index in [9.17, 15) is 19.8 Å². The second-order valence-corrected chi connectivity index (χ2v) is 9.13. The zero-order chi connectivity index (χ0) is 27.1. The summed E-state index contributed by atoms with van der Waals surface area (Å²) in [6.45, 7) is 2.63. The number of methoxy groups -OCH3 is 1. The lowest BCUT2D eigenvalue weighted by Crippen LogP contribution is -2.32. The molecule has 2 atom stereocenters. The highest BCUT2D eigenvalue weighted by Crippen LogP contribution is 2.28. The van der Waals surface area contributed by atoms with E-state index in [2.05, 4.69) is 20.9 Å². The van der Waals surface area contributed by atoms with E-state index in [0.29, 0.717) is 35.1 Å². The number of rotatable bonds is 10. The number of aliphatic hydroxyl groups is 1. The van der Waals surface area contributed by atoms with Crippen molar-refractivity contribution in [2.75, 3.05) is 19.0 Å². The molecule has 6 N–H and O–H groups in total. The van der Waals surface area contributed by atoms with Gasteiger partial charge in [0.1, 0.15) is 11.5 Å². The molecule has 38 heavy (non-hydrogen) atoms. The summed E-state index contributed by atoms with van der Waals surface area (Å²) in [5, 5.41) is 30.5. The largest absolute Gasteiger partial charge is 0.506 e. The van der Waals surface area contributed by atoms with Crippen molar-refractivity contribution in [1.29, 1.82) is 0 Å². The standard InChI is InChI=1S/C29H32N4O5/c1-18(30-17-25(35)22-10-12-24(34)28-23(22)11-13-27(36)33-28)14-19-6-5-8-21(15-19)32-29(37)31-16-20-7-3-4-9-26(20)38-2/h3-13,15,18,25,30,34-35H,14,16-17H2,1-2H3,(H,33,36)(H2,31,32,37)/t18-,25+/m1/s1. The number of ether oxygens (including phenoxy) is 1. The number of benzene rings is 3. The number of nitrogens with one attached hydrogen (secondary N) is 4. The number of aromatic amines is 1. The quantitative estimate of drug-likeness (QED) is 0.190. The molecular formula is C29H32N4O5. The molecule has 1 aromatic heterocycles. The van der Waals surface area contributed by atoms with Gasteiger partial charge >= 0.3 is 6.03 Å². The second kappa shape index (κ2) is 12.3. The highest BCUT2D eigenvalue weighted by molar-refractivity contribution is 5.89. The Morgan fingerprint density at radius 1 is 1.05 bits per heavy atom. The number of phenols is 1. The number of hydrogen-bond donors (Lipinski definition) is 6. The van der Waals surface area contributed by atoms with Crippen molar-refractivity contribution in [3.05, 3.63) is 99.8 Å². The van der Waals surface area contributed by atoms with E-state index in [1.54, 1.807) is 19.2 Å². The average Bonchev–Trinajstić information content (AvgIpc) is 2.91. The van der Waals surface area contributed by atoms with Gasteiger partial charge < -0.3 is 35.9 Å². The lowest BCUT2D eigenvalue weighted by Gasteiger charge is -2.19. The number of hydrogen-bond acceptors (Lipinski definition) is 6. The van der Waals surface area contributed by atoms with Crippen molar-refractivity contribution in [1.82, 2.24) is 15.6 Å². The van der Waals surface area contributed by atoms with Gasteiger partial charge in [0, 0.05) is 41.8 Å². The fourth-order valence-corrected chi connectivity index (χ4v) is 4.37. The third-order valence-electron chi connectivity index (χ3n) is 6.28. The summed E-state index contributed by atoms with van der Waals surface area (Å²) in [4.78, 5) is 26.7. The van der Waals surface area contributed by atoms with Gasteiger partial charge in [0.05, 0.1) is 18.7 Å². The minimum Gasteiger partial charge on any atom is -0.506 e. The van der Waals surface area contributed by atoms with Crippen LogP contribution >= 0.6 is 0 Å². The number of para-hydroxylation sites is 1. The van der Waals surface area contributed by atoms with Crippen molar-refractivity contribution in [2.24, 2.45) is 0 Å². The molecule has 9 heteroatoms. The molecule has 0 spiro atoms. The Morgan fingerprint density at radius 3 is 2.68 bits per heavy atom. The second-order valence-electron chi connectivity index (χ2n) is 9.13. The van der Waals surface area contributed by atoms with Crippen LogP contribution in [0.15, 0.2) is 77.6 Å². The number of anilines is 1. The predicted octanol–water partition coefficient (Wildman–Crippen LogP) is 3.82. The molecule has 0 aliphatic carbocycles. The minimum atomic E-state index is -0.841. The van der Waals surface area contributed by atoms with Crippen molar-refractivity contribution in [3.63, 3.8) is 0 Å². The molecule has 2 amide bonds. The van der Waals surface area contributed by atoms with Crippen LogP contribution in [0.4, 0.5) is 10.5 Å². The maximum absolute atomic E-state index is 12.4. The first-order valence-electron chi connectivity index (χ1n) is 12.4. The molecule has 0 aliphatic rings. The van der Waals surface area contributed by atoms with E-state index in [1.807, 2.05) is 55.5 Å². The number of carbonyl (C=O) groups excluding carboxylic acids is 1. The van der Waals surface area contributed by atoms with Crippen LogP contribution in [0, 0.1) is 0 Å². The maximum atomic E-state index is 12.4. The Kier molecular flexibility index (Phi) is 8.62. The van der Waals surface area contributed by atoms with Gasteiger partial charge in [-0.2, -0.15) is 0 Å². The number of carbonyl (C=O) groups is 1. The van der Waals surface area contributed by atoms with Crippen LogP contribution in [0.1, 0.15) is 29.7 Å². The Hall–Kier alpha value is -4.34. The monoisotopic (exact) mass is 516 g/mol. The summed E-state index contributed by atoms with van der Waals surface area (Å²) < 4.78 is 5.32. The number of urea groups is 1.